The Morgan fingerprint density at radius 3 is 2.95 bits per heavy atom. The highest BCUT2D eigenvalue weighted by atomic mass is 16.5. The smallest absolute Gasteiger partial charge is 0.274 e. The van der Waals surface area contributed by atoms with Gasteiger partial charge in [0.05, 0.1) is 25.4 Å². The van der Waals surface area contributed by atoms with Crippen LogP contribution in [0.1, 0.15) is 61.1 Å². The van der Waals surface area contributed by atoms with Crippen molar-refractivity contribution in [1.29, 1.82) is 0 Å². The van der Waals surface area contributed by atoms with Gasteiger partial charge in [0.1, 0.15) is 5.69 Å². The lowest BCUT2D eigenvalue weighted by molar-refractivity contribution is -0.0668. The first-order valence-corrected chi connectivity index (χ1v) is 8.27. The van der Waals surface area contributed by atoms with Crippen LogP contribution in [0.25, 0.3) is 0 Å². The molecule has 122 valence electrons. The third-order valence-corrected chi connectivity index (χ3v) is 4.83. The van der Waals surface area contributed by atoms with Gasteiger partial charge in [-0.3, -0.25) is 9.89 Å². The number of aliphatic hydroxyl groups excluding tert-OH is 1. The van der Waals surface area contributed by atoms with E-state index in [1.165, 1.54) is 32.1 Å². The minimum absolute atomic E-state index is 0.00475. The summed E-state index contributed by atoms with van der Waals surface area (Å²) in [6.07, 6.45) is 5.88. The predicted octanol–water partition coefficient (Wildman–Crippen LogP) is 1.68. The van der Waals surface area contributed by atoms with Gasteiger partial charge < -0.3 is 14.7 Å². The van der Waals surface area contributed by atoms with E-state index in [9.17, 15) is 9.90 Å². The van der Waals surface area contributed by atoms with Crippen LogP contribution in [0.3, 0.4) is 0 Å². The van der Waals surface area contributed by atoms with Crippen LogP contribution in [0.5, 0.6) is 0 Å². The average Bonchev–Trinajstić information content (AvgIpc) is 3.05. The molecule has 0 aromatic carbocycles. The van der Waals surface area contributed by atoms with Gasteiger partial charge in [0.25, 0.3) is 5.91 Å². The van der Waals surface area contributed by atoms with Crippen molar-refractivity contribution in [2.75, 3.05) is 19.8 Å². The van der Waals surface area contributed by atoms with Crippen molar-refractivity contribution in [3.8, 4) is 0 Å². The molecule has 0 spiro atoms. The van der Waals surface area contributed by atoms with Crippen LogP contribution in [0, 0.1) is 0 Å². The Labute approximate surface area is 130 Å². The van der Waals surface area contributed by atoms with E-state index in [1.54, 1.807) is 4.90 Å². The molecule has 2 heterocycles. The van der Waals surface area contributed by atoms with E-state index in [1.807, 2.05) is 13.0 Å². The number of hydrogen-bond donors (Lipinski definition) is 2. The van der Waals surface area contributed by atoms with Crippen LogP contribution in [0.2, 0.25) is 0 Å². The molecule has 1 aromatic rings. The second-order valence-corrected chi connectivity index (χ2v) is 6.49. The Balaban J connectivity index is 1.70. The number of aromatic amines is 1. The summed E-state index contributed by atoms with van der Waals surface area (Å²) in [5, 5.41) is 16.5. The SMILES string of the molecule is CC1COC(CO)CN1C(=O)c1cc(C2CCCCC2)[nH]n1. The maximum absolute atomic E-state index is 12.7. The maximum atomic E-state index is 12.7. The molecular weight excluding hydrogens is 282 g/mol. The number of nitrogens with zero attached hydrogens (tertiary/aromatic N) is 2. The van der Waals surface area contributed by atoms with Crippen molar-refractivity contribution in [1.82, 2.24) is 15.1 Å². The fourth-order valence-electron chi connectivity index (χ4n) is 3.43. The van der Waals surface area contributed by atoms with Gasteiger partial charge in [-0.25, -0.2) is 0 Å². The van der Waals surface area contributed by atoms with Crippen LogP contribution < -0.4 is 0 Å². The lowest BCUT2D eigenvalue weighted by Gasteiger charge is -2.37. The first-order valence-electron chi connectivity index (χ1n) is 8.27. The summed E-state index contributed by atoms with van der Waals surface area (Å²) in [5.74, 6) is 0.433. The van der Waals surface area contributed by atoms with Crippen molar-refractivity contribution in [3.05, 3.63) is 17.5 Å². The average molecular weight is 307 g/mol. The lowest BCUT2D eigenvalue weighted by Crippen LogP contribution is -2.52. The standard InChI is InChI=1S/C16H25N3O3/c1-11-10-22-13(9-20)8-19(11)16(21)15-7-14(17-18-15)12-5-3-2-4-6-12/h7,11-13,20H,2-6,8-10H2,1H3,(H,17,18). The quantitative estimate of drug-likeness (QED) is 0.890. The zero-order valence-corrected chi connectivity index (χ0v) is 13.1. The summed E-state index contributed by atoms with van der Waals surface area (Å²) >= 11 is 0. The molecule has 0 bridgehead atoms. The Kier molecular flexibility index (Phi) is 4.78. The first-order chi connectivity index (χ1) is 10.7. The Morgan fingerprint density at radius 2 is 2.23 bits per heavy atom. The summed E-state index contributed by atoms with van der Waals surface area (Å²) in [5.41, 5.74) is 1.56. The van der Waals surface area contributed by atoms with Crippen LogP contribution in [-0.4, -0.2) is 58.0 Å². The van der Waals surface area contributed by atoms with Gasteiger partial charge >= 0.3 is 0 Å². The van der Waals surface area contributed by atoms with E-state index in [2.05, 4.69) is 10.2 Å². The minimum atomic E-state index is -0.295. The van der Waals surface area contributed by atoms with Crippen molar-refractivity contribution in [2.24, 2.45) is 0 Å². The van der Waals surface area contributed by atoms with Gasteiger partial charge in [0, 0.05) is 18.2 Å². The number of morpholine rings is 1. The third-order valence-electron chi connectivity index (χ3n) is 4.83. The van der Waals surface area contributed by atoms with Crippen molar-refractivity contribution < 1.29 is 14.6 Å². The molecular formula is C16H25N3O3. The van der Waals surface area contributed by atoms with Gasteiger partial charge in [-0.05, 0) is 25.8 Å². The Morgan fingerprint density at radius 1 is 1.45 bits per heavy atom. The molecule has 3 rings (SSSR count). The van der Waals surface area contributed by atoms with Crippen LogP contribution in [0.15, 0.2) is 6.07 Å². The lowest BCUT2D eigenvalue weighted by atomic mass is 9.87. The molecule has 22 heavy (non-hydrogen) atoms. The molecule has 1 aliphatic heterocycles. The van der Waals surface area contributed by atoms with Gasteiger partial charge in [-0.2, -0.15) is 5.10 Å². The molecule has 2 aliphatic rings. The molecule has 2 N–H and O–H groups in total. The normalized spacial score (nSPS) is 27.1. The minimum Gasteiger partial charge on any atom is -0.394 e. The number of nitrogens with one attached hydrogen (secondary N) is 1. The van der Waals surface area contributed by atoms with E-state index >= 15 is 0 Å². The molecule has 2 fully saturated rings. The fraction of sp³-hybridized carbons (Fsp3) is 0.750. The van der Waals surface area contributed by atoms with Gasteiger partial charge in [0.2, 0.25) is 0 Å². The van der Waals surface area contributed by atoms with Gasteiger partial charge in [-0.15, -0.1) is 0 Å². The van der Waals surface area contributed by atoms with Crippen LogP contribution in [0.4, 0.5) is 0 Å². The number of H-pyrrole nitrogens is 1. The zero-order valence-electron chi connectivity index (χ0n) is 13.1. The summed E-state index contributed by atoms with van der Waals surface area (Å²) in [7, 11) is 0. The molecule has 1 saturated carbocycles. The van der Waals surface area contributed by atoms with Crippen molar-refractivity contribution in [2.45, 2.75) is 57.1 Å². The molecule has 2 atom stereocenters. The van der Waals surface area contributed by atoms with E-state index in [0.29, 0.717) is 24.8 Å². The third kappa shape index (κ3) is 3.17. The van der Waals surface area contributed by atoms with Crippen molar-refractivity contribution in [3.63, 3.8) is 0 Å². The summed E-state index contributed by atoms with van der Waals surface area (Å²) in [4.78, 5) is 14.4. The largest absolute Gasteiger partial charge is 0.394 e. The molecule has 1 saturated heterocycles. The van der Waals surface area contributed by atoms with Gasteiger partial charge in [-0.1, -0.05) is 19.3 Å². The number of aromatic nitrogens is 2. The summed E-state index contributed by atoms with van der Waals surface area (Å²) in [6.45, 7) is 2.77. The van der Waals surface area contributed by atoms with E-state index in [0.717, 1.165) is 5.69 Å². The number of aliphatic hydroxyl groups is 1. The monoisotopic (exact) mass is 307 g/mol. The van der Waals surface area contributed by atoms with Crippen LogP contribution >= 0.6 is 0 Å². The molecule has 1 amide bonds. The number of carbonyl (C=O) groups excluding carboxylic acids is 1. The molecule has 1 aromatic heterocycles. The number of ether oxygens (including phenoxy) is 1. The van der Waals surface area contributed by atoms with Gasteiger partial charge in [0.15, 0.2) is 0 Å². The highest BCUT2D eigenvalue weighted by Gasteiger charge is 2.31. The molecule has 6 nitrogen and oxygen atoms in total. The topological polar surface area (TPSA) is 78.5 Å². The summed E-state index contributed by atoms with van der Waals surface area (Å²) in [6, 6.07) is 1.92. The maximum Gasteiger partial charge on any atom is 0.274 e. The molecule has 6 heteroatoms. The number of carbonyl (C=O) groups is 1. The Bertz CT molecular complexity index is 510. The predicted molar refractivity (Wildman–Crippen MR) is 81.7 cm³/mol. The second kappa shape index (κ2) is 6.79. The van der Waals surface area contributed by atoms with Crippen LogP contribution in [-0.2, 0) is 4.74 Å². The summed E-state index contributed by atoms with van der Waals surface area (Å²) < 4.78 is 5.48. The van der Waals surface area contributed by atoms with E-state index < -0.39 is 0 Å². The highest BCUT2D eigenvalue weighted by molar-refractivity contribution is 5.92. The first kappa shape index (κ1) is 15.5. The molecule has 2 unspecified atom stereocenters. The number of amides is 1. The molecule has 0 radical (unpaired) electrons. The number of hydrogen-bond acceptors (Lipinski definition) is 4. The van der Waals surface area contributed by atoms with Crippen molar-refractivity contribution >= 4 is 5.91 Å². The second-order valence-electron chi connectivity index (χ2n) is 6.49. The molecule has 1 aliphatic carbocycles. The zero-order chi connectivity index (χ0) is 15.5. The van der Waals surface area contributed by atoms with E-state index in [4.69, 9.17) is 4.74 Å². The highest BCUT2D eigenvalue weighted by Crippen LogP contribution is 2.31. The van der Waals surface area contributed by atoms with E-state index in [-0.39, 0.29) is 24.7 Å². The number of rotatable bonds is 3. The fourth-order valence-corrected chi connectivity index (χ4v) is 3.43. The Hall–Kier alpha value is -1.40.